The highest BCUT2D eigenvalue weighted by Crippen LogP contribution is 2.30. The smallest absolute Gasteiger partial charge is 0.0110 e. The van der Waals surface area contributed by atoms with E-state index < -0.39 is 0 Å². The van der Waals surface area contributed by atoms with Gasteiger partial charge >= 0.3 is 0 Å². The summed E-state index contributed by atoms with van der Waals surface area (Å²) in [6.07, 6.45) is 1.27. The van der Waals surface area contributed by atoms with Crippen molar-refractivity contribution < 1.29 is 0 Å². The molecule has 1 fully saturated rings. The van der Waals surface area contributed by atoms with Gasteiger partial charge in [0.25, 0.3) is 0 Å². The molecule has 13 heavy (non-hydrogen) atoms. The molecule has 0 amide bonds. The molecule has 0 aliphatic carbocycles. The molecular formula is C12H17N. The van der Waals surface area contributed by atoms with E-state index in [4.69, 9.17) is 0 Å². The van der Waals surface area contributed by atoms with Crippen LogP contribution in [0.15, 0.2) is 30.3 Å². The minimum absolute atomic E-state index is 0.623. The van der Waals surface area contributed by atoms with Crippen molar-refractivity contribution in [2.45, 2.75) is 38.3 Å². The Morgan fingerprint density at radius 3 is 2.38 bits per heavy atom. The molecule has 1 aromatic carbocycles. The van der Waals surface area contributed by atoms with Gasteiger partial charge < -0.3 is 5.32 Å². The normalized spacial score (nSPS) is 33.5. The van der Waals surface area contributed by atoms with Crippen LogP contribution in [0.3, 0.4) is 0 Å². The Labute approximate surface area is 80.2 Å². The van der Waals surface area contributed by atoms with E-state index in [1.54, 1.807) is 0 Å². The van der Waals surface area contributed by atoms with Crippen LogP contribution in [0.4, 0.5) is 0 Å². The predicted octanol–water partition coefficient (Wildman–Crippen LogP) is 2.54. The van der Waals surface area contributed by atoms with Crippen LogP contribution in [0.5, 0.6) is 0 Å². The molecule has 1 aromatic rings. The molecule has 1 nitrogen and oxygen atoms in total. The van der Waals surface area contributed by atoms with Crippen molar-refractivity contribution in [3.63, 3.8) is 0 Å². The largest absolute Gasteiger partial charge is 0.311 e. The molecular weight excluding hydrogens is 158 g/mol. The second-order valence-electron chi connectivity index (χ2n) is 4.11. The lowest BCUT2D eigenvalue weighted by Gasteiger charge is -2.14. The lowest BCUT2D eigenvalue weighted by atomic mass is 9.92. The molecule has 1 aliphatic rings. The maximum absolute atomic E-state index is 3.57. The van der Waals surface area contributed by atoms with Gasteiger partial charge in [0.05, 0.1) is 0 Å². The van der Waals surface area contributed by atoms with E-state index in [-0.39, 0.29) is 0 Å². The third-order valence-electron chi connectivity index (χ3n) is 2.99. The van der Waals surface area contributed by atoms with E-state index in [0.717, 1.165) is 0 Å². The van der Waals surface area contributed by atoms with Crippen LogP contribution < -0.4 is 5.32 Å². The molecule has 1 heteroatoms. The third kappa shape index (κ3) is 1.75. The number of rotatable bonds is 1. The first kappa shape index (κ1) is 8.76. The molecule has 1 heterocycles. The fraction of sp³-hybridized carbons (Fsp3) is 0.500. The van der Waals surface area contributed by atoms with Crippen LogP contribution >= 0.6 is 0 Å². The van der Waals surface area contributed by atoms with Gasteiger partial charge in [-0.05, 0) is 25.8 Å². The van der Waals surface area contributed by atoms with Gasteiger partial charge in [-0.1, -0.05) is 30.3 Å². The number of benzene rings is 1. The highest BCUT2D eigenvalue weighted by Gasteiger charge is 2.28. The Kier molecular flexibility index (Phi) is 2.36. The standard InChI is InChI=1S/C12H17N/c1-9-8-12(10(2)13-9)11-6-4-3-5-7-11/h3-7,9-10,12-13H,8H2,1-2H3. The molecule has 0 radical (unpaired) electrons. The fourth-order valence-electron chi connectivity index (χ4n) is 2.34. The Morgan fingerprint density at radius 1 is 1.15 bits per heavy atom. The SMILES string of the molecule is CC1CC(c2ccccc2)C(C)N1. The van der Waals surface area contributed by atoms with E-state index in [0.29, 0.717) is 18.0 Å². The zero-order chi connectivity index (χ0) is 9.26. The summed E-state index contributed by atoms with van der Waals surface area (Å²) in [6.45, 7) is 4.54. The Hall–Kier alpha value is -0.820. The molecule has 3 atom stereocenters. The minimum Gasteiger partial charge on any atom is -0.311 e. The predicted molar refractivity (Wildman–Crippen MR) is 55.9 cm³/mol. The highest BCUT2D eigenvalue weighted by molar-refractivity contribution is 5.22. The van der Waals surface area contributed by atoms with Crippen molar-refractivity contribution in [3.05, 3.63) is 35.9 Å². The molecule has 0 saturated carbocycles. The van der Waals surface area contributed by atoms with Crippen molar-refractivity contribution in [1.82, 2.24) is 5.32 Å². The Balaban J connectivity index is 2.18. The number of hydrogen-bond donors (Lipinski definition) is 1. The van der Waals surface area contributed by atoms with Crippen molar-refractivity contribution in [2.24, 2.45) is 0 Å². The van der Waals surface area contributed by atoms with E-state index in [2.05, 4.69) is 49.5 Å². The summed E-state index contributed by atoms with van der Waals surface area (Å²) < 4.78 is 0. The monoisotopic (exact) mass is 175 g/mol. The lowest BCUT2D eigenvalue weighted by molar-refractivity contribution is 0.575. The summed E-state index contributed by atoms with van der Waals surface area (Å²) in [4.78, 5) is 0. The first-order valence-electron chi connectivity index (χ1n) is 5.08. The van der Waals surface area contributed by atoms with Crippen LogP contribution in [-0.4, -0.2) is 12.1 Å². The summed E-state index contributed by atoms with van der Waals surface area (Å²) in [6, 6.07) is 12.1. The Bertz CT molecular complexity index is 268. The second-order valence-corrected chi connectivity index (χ2v) is 4.11. The lowest BCUT2D eigenvalue weighted by Crippen LogP contribution is -2.26. The zero-order valence-corrected chi connectivity index (χ0v) is 8.33. The van der Waals surface area contributed by atoms with Gasteiger partial charge in [-0.25, -0.2) is 0 Å². The third-order valence-corrected chi connectivity index (χ3v) is 2.99. The quantitative estimate of drug-likeness (QED) is 0.691. The van der Waals surface area contributed by atoms with Crippen molar-refractivity contribution >= 4 is 0 Å². The highest BCUT2D eigenvalue weighted by atomic mass is 15.0. The number of hydrogen-bond acceptors (Lipinski definition) is 1. The van der Waals surface area contributed by atoms with Gasteiger partial charge in [0.1, 0.15) is 0 Å². The van der Waals surface area contributed by atoms with Gasteiger partial charge in [0.2, 0.25) is 0 Å². The molecule has 0 spiro atoms. The van der Waals surface area contributed by atoms with Gasteiger partial charge in [-0.3, -0.25) is 0 Å². The minimum atomic E-state index is 0.623. The molecule has 70 valence electrons. The van der Waals surface area contributed by atoms with Crippen LogP contribution in [0.1, 0.15) is 31.7 Å². The van der Waals surface area contributed by atoms with Crippen LogP contribution in [0.2, 0.25) is 0 Å². The number of nitrogens with one attached hydrogen (secondary N) is 1. The molecule has 1 N–H and O–H groups in total. The first-order chi connectivity index (χ1) is 6.27. The van der Waals surface area contributed by atoms with Crippen LogP contribution in [0, 0.1) is 0 Å². The van der Waals surface area contributed by atoms with Crippen molar-refractivity contribution in [3.8, 4) is 0 Å². The van der Waals surface area contributed by atoms with Gasteiger partial charge in [0, 0.05) is 18.0 Å². The van der Waals surface area contributed by atoms with E-state index in [1.165, 1.54) is 12.0 Å². The molecule has 0 bridgehead atoms. The topological polar surface area (TPSA) is 12.0 Å². The summed E-state index contributed by atoms with van der Waals surface area (Å²) >= 11 is 0. The van der Waals surface area contributed by atoms with Gasteiger partial charge in [-0.15, -0.1) is 0 Å². The summed E-state index contributed by atoms with van der Waals surface area (Å²) in [5.74, 6) is 0.705. The molecule has 1 aliphatic heterocycles. The summed E-state index contributed by atoms with van der Waals surface area (Å²) in [5, 5.41) is 3.57. The fourth-order valence-corrected chi connectivity index (χ4v) is 2.34. The molecule has 2 rings (SSSR count). The van der Waals surface area contributed by atoms with E-state index >= 15 is 0 Å². The van der Waals surface area contributed by atoms with E-state index in [1.807, 2.05) is 0 Å². The average Bonchev–Trinajstić information content (AvgIpc) is 2.47. The van der Waals surface area contributed by atoms with Gasteiger partial charge in [-0.2, -0.15) is 0 Å². The molecule has 0 aromatic heterocycles. The molecule has 1 saturated heterocycles. The zero-order valence-electron chi connectivity index (χ0n) is 8.33. The van der Waals surface area contributed by atoms with Crippen molar-refractivity contribution in [1.29, 1.82) is 0 Å². The first-order valence-corrected chi connectivity index (χ1v) is 5.08. The maximum atomic E-state index is 3.57. The second kappa shape index (κ2) is 3.51. The van der Waals surface area contributed by atoms with E-state index in [9.17, 15) is 0 Å². The van der Waals surface area contributed by atoms with Crippen molar-refractivity contribution in [2.75, 3.05) is 0 Å². The average molecular weight is 175 g/mol. The summed E-state index contributed by atoms with van der Waals surface area (Å²) in [7, 11) is 0. The van der Waals surface area contributed by atoms with Crippen LogP contribution in [0.25, 0.3) is 0 Å². The summed E-state index contributed by atoms with van der Waals surface area (Å²) in [5.41, 5.74) is 1.48. The molecule has 3 unspecified atom stereocenters. The van der Waals surface area contributed by atoms with Gasteiger partial charge in [0.15, 0.2) is 0 Å². The van der Waals surface area contributed by atoms with Crippen LogP contribution in [-0.2, 0) is 0 Å². The maximum Gasteiger partial charge on any atom is 0.0110 e. The Morgan fingerprint density at radius 2 is 1.85 bits per heavy atom.